The van der Waals surface area contributed by atoms with E-state index in [1.165, 1.54) is 13.8 Å². The van der Waals surface area contributed by atoms with Crippen LogP contribution in [-0.4, -0.2) is 67.5 Å². The topological polar surface area (TPSA) is 80.9 Å². The Bertz CT molecular complexity index is 832. The van der Waals surface area contributed by atoms with Gasteiger partial charge in [0.15, 0.2) is 22.4 Å². The molecule has 0 aromatic rings. The maximum atomic E-state index is 13.8. The lowest BCUT2D eigenvalue weighted by molar-refractivity contribution is -0.304. The standard InChI is InChI=1S/C27H40F12O4/c1-19(2,13-7-15(20(3,40)24(28,29)30)11-16(8-13)21(4,41)25(31,32)33)14-9-17(22(5,42)26(34,35)36)12-18(10-14)23(6,43)27(37,38)39/h13-18,40-43H,7-12H2,1-6H3. The van der Waals surface area contributed by atoms with Gasteiger partial charge in [0.25, 0.3) is 0 Å². The number of aliphatic hydroxyl groups is 4. The van der Waals surface area contributed by atoms with Gasteiger partial charge in [-0.2, -0.15) is 52.7 Å². The summed E-state index contributed by atoms with van der Waals surface area (Å²) in [6, 6.07) is 0. The summed E-state index contributed by atoms with van der Waals surface area (Å²) in [6.07, 6.45) is -25.6. The van der Waals surface area contributed by atoms with Crippen LogP contribution in [0.25, 0.3) is 0 Å². The van der Waals surface area contributed by atoms with Gasteiger partial charge >= 0.3 is 24.7 Å². The van der Waals surface area contributed by atoms with Crippen LogP contribution < -0.4 is 0 Å². The highest BCUT2D eigenvalue weighted by Gasteiger charge is 2.65. The fraction of sp³-hybridized carbons (Fsp3) is 1.00. The van der Waals surface area contributed by atoms with E-state index in [9.17, 15) is 73.1 Å². The first-order chi connectivity index (χ1) is 18.6. The van der Waals surface area contributed by atoms with Gasteiger partial charge in [0.2, 0.25) is 0 Å². The van der Waals surface area contributed by atoms with Gasteiger partial charge in [-0.3, -0.25) is 0 Å². The van der Waals surface area contributed by atoms with E-state index in [-0.39, 0.29) is 0 Å². The number of halogens is 12. The third-order valence-electron chi connectivity index (χ3n) is 11.0. The van der Waals surface area contributed by atoms with Crippen molar-refractivity contribution in [3.05, 3.63) is 0 Å². The second-order valence-electron chi connectivity index (χ2n) is 14.0. The fourth-order valence-corrected chi connectivity index (χ4v) is 6.95. The molecule has 0 aromatic heterocycles. The first-order valence-electron chi connectivity index (χ1n) is 13.8. The normalized spacial score (nSPS) is 34.5. The van der Waals surface area contributed by atoms with Crippen molar-refractivity contribution >= 4 is 0 Å². The van der Waals surface area contributed by atoms with E-state index in [4.69, 9.17) is 0 Å². The zero-order valence-corrected chi connectivity index (χ0v) is 24.5. The molecule has 2 aliphatic rings. The van der Waals surface area contributed by atoms with E-state index in [0.717, 1.165) is 0 Å². The van der Waals surface area contributed by atoms with Crippen LogP contribution in [0.3, 0.4) is 0 Å². The van der Waals surface area contributed by atoms with Crippen molar-refractivity contribution in [1.29, 1.82) is 0 Å². The van der Waals surface area contributed by atoms with Gasteiger partial charge in [-0.1, -0.05) is 13.8 Å². The molecular formula is C27H40F12O4. The Kier molecular flexibility index (Phi) is 9.83. The Morgan fingerprint density at radius 3 is 0.605 bits per heavy atom. The zero-order chi connectivity index (χ0) is 34.2. The predicted molar refractivity (Wildman–Crippen MR) is 129 cm³/mol. The molecule has 0 bridgehead atoms. The lowest BCUT2D eigenvalue weighted by Crippen LogP contribution is -2.59. The molecule has 0 radical (unpaired) electrons. The molecule has 2 rings (SSSR count). The lowest BCUT2D eigenvalue weighted by Gasteiger charge is -2.55. The highest BCUT2D eigenvalue weighted by molar-refractivity contribution is 5.06. The molecule has 43 heavy (non-hydrogen) atoms. The largest absolute Gasteiger partial charge is 0.417 e. The summed E-state index contributed by atoms with van der Waals surface area (Å²) in [5.74, 6) is -10.2. The van der Waals surface area contributed by atoms with Crippen molar-refractivity contribution in [2.45, 2.75) is 127 Å². The molecule has 0 heterocycles. The molecule has 2 aliphatic carbocycles. The maximum Gasteiger partial charge on any atom is 0.417 e. The Morgan fingerprint density at radius 2 is 0.465 bits per heavy atom. The molecule has 16 heteroatoms. The summed E-state index contributed by atoms with van der Waals surface area (Å²) in [4.78, 5) is 0. The molecule has 2 saturated carbocycles. The Morgan fingerprint density at radius 1 is 0.326 bits per heavy atom. The van der Waals surface area contributed by atoms with Crippen molar-refractivity contribution in [2.75, 3.05) is 0 Å². The lowest BCUT2D eigenvalue weighted by atomic mass is 9.52. The fourth-order valence-electron chi connectivity index (χ4n) is 6.95. The Balaban J connectivity index is 2.66. The highest BCUT2D eigenvalue weighted by atomic mass is 19.4. The molecular weight excluding hydrogens is 616 g/mol. The maximum absolute atomic E-state index is 13.8. The van der Waals surface area contributed by atoms with Gasteiger partial charge in [0.1, 0.15) is 0 Å². The third-order valence-corrected chi connectivity index (χ3v) is 11.0. The molecule has 8 unspecified atom stereocenters. The van der Waals surface area contributed by atoms with Gasteiger partial charge in [-0.25, -0.2) is 0 Å². The van der Waals surface area contributed by atoms with Crippen LogP contribution in [0.5, 0.6) is 0 Å². The highest BCUT2D eigenvalue weighted by Crippen LogP contribution is 2.60. The van der Waals surface area contributed by atoms with E-state index < -0.39 is 127 Å². The quantitative estimate of drug-likeness (QED) is 0.226. The van der Waals surface area contributed by atoms with E-state index in [0.29, 0.717) is 27.7 Å². The molecule has 8 atom stereocenters. The minimum atomic E-state index is -5.32. The van der Waals surface area contributed by atoms with Crippen LogP contribution in [0.15, 0.2) is 0 Å². The van der Waals surface area contributed by atoms with Gasteiger partial charge < -0.3 is 20.4 Å². The van der Waals surface area contributed by atoms with Crippen LogP contribution in [0, 0.1) is 40.9 Å². The SMILES string of the molecule is CC(C)(C1CC(C(C)(O)C(F)(F)F)CC(C(C)(O)C(F)(F)F)C1)C1CC(C(C)(O)C(F)(F)F)CC(C(C)(O)C(F)(F)F)C1. The molecule has 0 aliphatic heterocycles. The second-order valence-corrected chi connectivity index (χ2v) is 14.0. The monoisotopic (exact) mass is 656 g/mol. The van der Waals surface area contributed by atoms with Gasteiger partial charge in [0.05, 0.1) is 0 Å². The second kappa shape index (κ2) is 11.1. The van der Waals surface area contributed by atoms with Gasteiger partial charge in [-0.05, 0) is 107 Å². The summed E-state index contributed by atoms with van der Waals surface area (Å²) >= 11 is 0. The number of hydrogen-bond donors (Lipinski definition) is 4. The molecule has 0 aromatic carbocycles. The summed E-state index contributed by atoms with van der Waals surface area (Å²) in [7, 11) is 0. The minimum absolute atomic E-state index is 0.361. The van der Waals surface area contributed by atoms with Gasteiger partial charge in [-0.15, -0.1) is 0 Å². The summed E-state index contributed by atoms with van der Waals surface area (Å²) in [5, 5.41) is 41.7. The van der Waals surface area contributed by atoms with E-state index in [2.05, 4.69) is 0 Å². The van der Waals surface area contributed by atoms with Crippen molar-refractivity contribution in [3.63, 3.8) is 0 Å². The van der Waals surface area contributed by atoms with Crippen LogP contribution >= 0.6 is 0 Å². The molecule has 2 fully saturated rings. The van der Waals surface area contributed by atoms with Gasteiger partial charge in [0, 0.05) is 0 Å². The number of alkyl halides is 12. The van der Waals surface area contributed by atoms with E-state index in [1.807, 2.05) is 0 Å². The average Bonchev–Trinajstić information content (AvgIpc) is 2.80. The smallest absolute Gasteiger partial charge is 0.380 e. The van der Waals surface area contributed by atoms with Crippen LogP contribution in [0.2, 0.25) is 0 Å². The van der Waals surface area contributed by atoms with Crippen LogP contribution in [-0.2, 0) is 0 Å². The zero-order valence-electron chi connectivity index (χ0n) is 24.5. The summed E-state index contributed by atoms with van der Waals surface area (Å²) in [5.41, 5.74) is -15.8. The van der Waals surface area contributed by atoms with Crippen LogP contribution in [0.4, 0.5) is 52.7 Å². The molecule has 4 N–H and O–H groups in total. The number of rotatable bonds is 6. The van der Waals surface area contributed by atoms with Crippen LogP contribution in [0.1, 0.15) is 80.1 Å². The molecule has 0 amide bonds. The minimum Gasteiger partial charge on any atom is -0.380 e. The molecule has 256 valence electrons. The Hall–Kier alpha value is -1.00. The first-order valence-corrected chi connectivity index (χ1v) is 13.8. The average molecular weight is 657 g/mol. The first kappa shape index (κ1) is 38.2. The van der Waals surface area contributed by atoms with E-state index >= 15 is 0 Å². The van der Waals surface area contributed by atoms with Crippen molar-refractivity contribution in [1.82, 2.24) is 0 Å². The Labute approximate surface area is 241 Å². The number of hydrogen-bond acceptors (Lipinski definition) is 4. The molecule has 0 saturated heterocycles. The predicted octanol–water partition coefficient (Wildman–Crippen LogP) is 7.33. The molecule has 0 spiro atoms. The van der Waals surface area contributed by atoms with Crippen molar-refractivity contribution < 1.29 is 73.1 Å². The summed E-state index contributed by atoms with van der Waals surface area (Å²) < 4.78 is 166. The van der Waals surface area contributed by atoms with Crippen molar-refractivity contribution in [3.8, 4) is 0 Å². The summed E-state index contributed by atoms with van der Waals surface area (Å²) in [6.45, 7) is 4.02. The third kappa shape index (κ3) is 6.91. The van der Waals surface area contributed by atoms with Crippen molar-refractivity contribution in [2.24, 2.45) is 40.9 Å². The van der Waals surface area contributed by atoms with E-state index in [1.54, 1.807) is 0 Å². The molecule has 4 nitrogen and oxygen atoms in total.